The molecule has 0 saturated heterocycles. The summed E-state index contributed by atoms with van der Waals surface area (Å²) in [6.07, 6.45) is 7.01. The first kappa shape index (κ1) is 16.4. The van der Waals surface area contributed by atoms with Crippen LogP contribution in [0.3, 0.4) is 0 Å². The van der Waals surface area contributed by atoms with Crippen molar-refractivity contribution in [3.05, 3.63) is 0 Å². The second-order valence-electron chi connectivity index (χ2n) is 4.25. The molecule has 0 heterocycles. The van der Waals surface area contributed by atoms with Crippen LogP contribution in [-0.4, -0.2) is 36.0 Å². The lowest BCUT2D eigenvalue weighted by atomic mass is 10.1. The van der Waals surface area contributed by atoms with E-state index in [0.29, 0.717) is 6.42 Å². The molecule has 0 aliphatic heterocycles. The highest BCUT2D eigenvalue weighted by atomic mass is 16.5. The Balaban J connectivity index is 3.11. The Morgan fingerprint density at radius 3 is 2.35 bits per heavy atom. The first-order valence-electron chi connectivity index (χ1n) is 6.32. The number of methoxy groups -OCH3 is 1. The van der Waals surface area contributed by atoms with Crippen LogP contribution in [0, 0.1) is 0 Å². The van der Waals surface area contributed by atoms with Crippen LogP contribution in [0.15, 0.2) is 0 Å². The fourth-order valence-electron chi connectivity index (χ4n) is 1.67. The van der Waals surface area contributed by atoms with Crippen molar-refractivity contribution in [2.75, 3.05) is 13.7 Å². The van der Waals surface area contributed by atoms with Gasteiger partial charge < -0.3 is 15.1 Å². The highest BCUT2D eigenvalue weighted by molar-refractivity contribution is 5.68. The van der Waals surface area contributed by atoms with Crippen LogP contribution < -0.4 is 5.48 Å². The van der Waals surface area contributed by atoms with Crippen LogP contribution in [0.1, 0.15) is 51.4 Å². The minimum Gasteiger partial charge on any atom is -0.469 e. The maximum atomic E-state index is 10.8. The molecule has 0 fully saturated rings. The van der Waals surface area contributed by atoms with Gasteiger partial charge in [0, 0.05) is 13.0 Å². The van der Waals surface area contributed by atoms with Crippen LogP contribution in [0.2, 0.25) is 0 Å². The van der Waals surface area contributed by atoms with E-state index in [-0.39, 0.29) is 12.5 Å². The van der Waals surface area contributed by atoms with E-state index >= 15 is 0 Å². The summed E-state index contributed by atoms with van der Waals surface area (Å²) < 4.78 is 4.55. The maximum Gasteiger partial charge on any atom is 0.305 e. The Labute approximate surface area is 103 Å². The molecule has 1 atom stereocenters. The van der Waals surface area contributed by atoms with Gasteiger partial charge in [-0.05, 0) is 12.8 Å². The molecule has 0 aromatic carbocycles. The summed E-state index contributed by atoms with van der Waals surface area (Å²) in [6.45, 7) is 0.235. The number of esters is 1. The second-order valence-corrected chi connectivity index (χ2v) is 4.25. The molecule has 0 spiro atoms. The van der Waals surface area contributed by atoms with E-state index in [1.807, 2.05) is 5.48 Å². The molecule has 0 amide bonds. The third-order valence-electron chi connectivity index (χ3n) is 2.72. The van der Waals surface area contributed by atoms with Gasteiger partial charge in [0.25, 0.3) is 0 Å². The van der Waals surface area contributed by atoms with Crippen molar-refractivity contribution in [2.24, 2.45) is 0 Å². The van der Waals surface area contributed by atoms with Gasteiger partial charge in [-0.25, -0.2) is 5.48 Å². The van der Waals surface area contributed by atoms with Gasteiger partial charge >= 0.3 is 5.97 Å². The van der Waals surface area contributed by atoms with Crippen LogP contribution in [0.5, 0.6) is 0 Å². The van der Waals surface area contributed by atoms with E-state index in [4.69, 9.17) is 5.21 Å². The number of rotatable bonds is 11. The molecule has 5 heteroatoms. The lowest BCUT2D eigenvalue weighted by Crippen LogP contribution is -2.23. The summed E-state index contributed by atoms with van der Waals surface area (Å²) in [5.41, 5.74) is 1.96. The molecule has 0 aromatic heterocycles. The summed E-state index contributed by atoms with van der Waals surface area (Å²) in [5.74, 6) is -0.135. The molecule has 0 rings (SSSR count). The van der Waals surface area contributed by atoms with E-state index in [1.54, 1.807) is 0 Å². The van der Waals surface area contributed by atoms with Crippen molar-refractivity contribution in [3.63, 3.8) is 0 Å². The van der Waals surface area contributed by atoms with Gasteiger partial charge in [0.15, 0.2) is 0 Å². The van der Waals surface area contributed by atoms with Gasteiger partial charge in [-0.15, -0.1) is 0 Å². The first-order chi connectivity index (χ1) is 8.20. The van der Waals surface area contributed by atoms with Crippen molar-refractivity contribution >= 4 is 5.97 Å². The smallest absolute Gasteiger partial charge is 0.305 e. The molecular weight excluding hydrogens is 222 g/mol. The fourth-order valence-corrected chi connectivity index (χ4v) is 1.67. The molecular formula is C12H25NO4. The van der Waals surface area contributed by atoms with E-state index in [9.17, 15) is 9.90 Å². The molecule has 3 N–H and O–H groups in total. The van der Waals surface area contributed by atoms with Crippen LogP contribution in [0.25, 0.3) is 0 Å². The number of hydrogen-bond donors (Lipinski definition) is 3. The molecule has 0 bridgehead atoms. The topological polar surface area (TPSA) is 78.8 Å². The van der Waals surface area contributed by atoms with Gasteiger partial charge in [-0.3, -0.25) is 4.79 Å². The summed E-state index contributed by atoms with van der Waals surface area (Å²) in [5, 5.41) is 17.7. The SMILES string of the molecule is COC(=O)CCCCCCCCC(O)CNO. The zero-order valence-corrected chi connectivity index (χ0v) is 10.7. The van der Waals surface area contributed by atoms with Crippen molar-refractivity contribution in [3.8, 4) is 0 Å². The zero-order valence-electron chi connectivity index (χ0n) is 10.7. The van der Waals surface area contributed by atoms with E-state index in [1.165, 1.54) is 7.11 Å². The molecule has 0 radical (unpaired) electrons. The van der Waals surface area contributed by atoms with Crippen molar-refractivity contribution in [1.29, 1.82) is 0 Å². The van der Waals surface area contributed by atoms with Crippen molar-refractivity contribution in [2.45, 2.75) is 57.5 Å². The van der Waals surface area contributed by atoms with Crippen LogP contribution in [-0.2, 0) is 9.53 Å². The zero-order chi connectivity index (χ0) is 12.9. The van der Waals surface area contributed by atoms with Gasteiger partial charge in [-0.2, -0.15) is 0 Å². The number of carbonyl (C=O) groups excluding carboxylic acids is 1. The highest BCUT2D eigenvalue weighted by Gasteiger charge is 2.02. The van der Waals surface area contributed by atoms with Gasteiger partial charge in [0.05, 0.1) is 13.2 Å². The molecule has 0 aromatic rings. The average Bonchev–Trinajstić information content (AvgIpc) is 2.32. The summed E-state index contributed by atoms with van der Waals surface area (Å²) in [7, 11) is 1.41. The Morgan fingerprint density at radius 1 is 1.18 bits per heavy atom. The maximum absolute atomic E-state index is 10.8. The number of carbonyl (C=O) groups is 1. The molecule has 5 nitrogen and oxygen atoms in total. The largest absolute Gasteiger partial charge is 0.469 e. The summed E-state index contributed by atoms with van der Waals surface area (Å²) in [4.78, 5) is 10.8. The van der Waals surface area contributed by atoms with Crippen molar-refractivity contribution < 1.29 is 19.8 Å². The third kappa shape index (κ3) is 11.6. The first-order valence-corrected chi connectivity index (χ1v) is 6.32. The number of aliphatic hydroxyl groups is 1. The van der Waals surface area contributed by atoms with Gasteiger partial charge in [0.2, 0.25) is 0 Å². The average molecular weight is 247 g/mol. The van der Waals surface area contributed by atoms with E-state index in [2.05, 4.69) is 4.74 Å². The van der Waals surface area contributed by atoms with E-state index < -0.39 is 6.10 Å². The number of aliphatic hydroxyl groups excluding tert-OH is 1. The Morgan fingerprint density at radius 2 is 1.76 bits per heavy atom. The minimum absolute atomic E-state index is 0.135. The Hall–Kier alpha value is -0.650. The van der Waals surface area contributed by atoms with Crippen LogP contribution in [0.4, 0.5) is 0 Å². The Bertz CT molecular complexity index is 187. The molecule has 1 unspecified atom stereocenters. The lowest BCUT2D eigenvalue weighted by Gasteiger charge is -2.08. The quantitative estimate of drug-likeness (QED) is 0.294. The lowest BCUT2D eigenvalue weighted by molar-refractivity contribution is -0.140. The molecule has 0 saturated carbocycles. The fraction of sp³-hybridized carbons (Fsp3) is 0.917. The third-order valence-corrected chi connectivity index (χ3v) is 2.72. The number of nitrogens with one attached hydrogen (secondary N) is 1. The molecule has 102 valence electrons. The molecule has 0 aliphatic rings. The Kier molecular flexibility index (Phi) is 11.4. The number of hydrogen-bond acceptors (Lipinski definition) is 5. The number of unbranched alkanes of at least 4 members (excludes halogenated alkanes) is 5. The second kappa shape index (κ2) is 11.8. The predicted octanol–water partition coefficient (Wildman–Crippen LogP) is 1.62. The van der Waals surface area contributed by atoms with Gasteiger partial charge in [-0.1, -0.05) is 32.1 Å². The highest BCUT2D eigenvalue weighted by Crippen LogP contribution is 2.10. The number of ether oxygens (including phenoxy) is 1. The predicted molar refractivity (Wildman–Crippen MR) is 64.7 cm³/mol. The van der Waals surface area contributed by atoms with E-state index in [0.717, 1.165) is 44.9 Å². The number of hydroxylamine groups is 1. The minimum atomic E-state index is -0.459. The van der Waals surface area contributed by atoms with Gasteiger partial charge in [0.1, 0.15) is 0 Å². The molecule has 17 heavy (non-hydrogen) atoms. The van der Waals surface area contributed by atoms with Crippen LogP contribution >= 0.6 is 0 Å². The summed E-state index contributed by atoms with van der Waals surface area (Å²) >= 11 is 0. The monoisotopic (exact) mass is 247 g/mol. The summed E-state index contributed by atoms with van der Waals surface area (Å²) in [6, 6.07) is 0. The van der Waals surface area contributed by atoms with Crippen molar-refractivity contribution in [1.82, 2.24) is 5.48 Å². The normalized spacial score (nSPS) is 12.4. The molecule has 0 aliphatic carbocycles. The standard InChI is InChI=1S/C12H25NO4/c1-17-12(15)9-7-5-3-2-4-6-8-11(14)10-13-16/h11,13-14,16H,2-10H2,1H3.